The Morgan fingerprint density at radius 3 is 2.94 bits per heavy atom. The number of benzene rings is 2. The summed E-state index contributed by atoms with van der Waals surface area (Å²) in [6, 6.07) is 10.8. The number of hydrogen-bond acceptors (Lipinski definition) is 9. The maximum absolute atomic E-state index is 11.7. The average molecular weight is 457 g/mol. The van der Waals surface area contributed by atoms with Gasteiger partial charge < -0.3 is 29.4 Å². The number of carbonyl (C=O) groups excluding carboxylic acids is 1. The second-order valence-electron chi connectivity index (χ2n) is 6.72. The summed E-state index contributed by atoms with van der Waals surface area (Å²) in [5, 5.41) is 18.9. The summed E-state index contributed by atoms with van der Waals surface area (Å²) in [7, 11) is 1.58. The number of methoxy groups -OCH3 is 1. The third-order valence-electron chi connectivity index (χ3n) is 4.53. The van der Waals surface area contributed by atoms with Crippen molar-refractivity contribution in [3.8, 4) is 23.0 Å². The van der Waals surface area contributed by atoms with Gasteiger partial charge in [0.1, 0.15) is 23.4 Å². The molecule has 2 aromatic rings. The van der Waals surface area contributed by atoms with Crippen molar-refractivity contribution >= 4 is 35.0 Å². The predicted molar refractivity (Wildman–Crippen MR) is 117 cm³/mol. The number of nitrogens with zero attached hydrogens (tertiary/aromatic N) is 2. The molecule has 0 aromatic heterocycles. The average Bonchev–Trinajstić information content (AvgIpc) is 3.38. The highest BCUT2D eigenvalue weighted by Crippen LogP contribution is 2.35. The number of thioether (sulfide) groups is 1. The SMILES string of the molecule is COc1ccc(C=NN=C2NC(=O)C(CC(=O)O)S2)cc1COc1ccc2c(c1)OCO2. The van der Waals surface area contributed by atoms with Crippen molar-refractivity contribution in [3.05, 3.63) is 47.5 Å². The van der Waals surface area contributed by atoms with Crippen LogP contribution in [0.25, 0.3) is 0 Å². The lowest BCUT2D eigenvalue weighted by atomic mass is 10.1. The molecule has 0 spiro atoms. The monoisotopic (exact) mass is 457 g/mol. The Kier molecular flexibility index (Phi) is 6.45. The van der Waals surface area contributed by atoms with E-state index in [0.29, 0.717) is 23.0 Å². The number of ether oxygens (including phenoxy) is 4. The number of carbonyl (C=O) groups is 2. The molecule has 4 rings (SSSR count). The van der Waals surface area contributed by atoms with Crippen LogP contribution in [0, 0.1) is 0 Å². The number of rotatable bonds is 8. The standard InChI is InChI=1S/C21H19N3O7S/c1-28-15-4-2-12(9-22-24-21-23-20(27)18(32-21)8-19(25)26)6-13(15)10-29-14-3-5-16-17(7-14)31-11-30-16/h2-7,9,18H,8,10-11H2,1H3,(H,25,26)(H,23,24,27). The van der Waals surface area contributed by atoms with Crippen molar-refractivity contribution < 1.29 is 33.6 Å². The highest BCUT2D eigenvalue weighted by molar-refractivity contribution is 8.15. The van der Waals surface area contributed by atoms with Gasteiger partial charge in [0.2, 0.25) is 12.7 Å². The second kappa shape index (κ2) is 9.60. The van der Waals surface area contributed by atoms with E-state index in [9.17, 15) is 9.59 Å². The van der Waals surface area contributed by atoms with Gasteiger partial charge in [-0.3, -0.25) is 9.59 Å². The van der Waals surface area contributed by atoms with Gasteiger partial charge in [-0.05, 0) is 35.9 Å². The van der Waals surface area contributed by atoms with Crippen molar-refractivity contribution in [1.29, 1.82) is 0 Å². The van der Waals surface area contributed by atoms with E-state index in [-0.39, 0.29) is 25.0 Å². The van der Waals surface area contributed by atoms with E-state index in [0.717, 1.165) is 22.9 Å². The number of hydrogen-bond donors (Lipinski definition) is 2. The first-order valence-corrected chi connectivity index (χ1v) is 10.4. The lowest BCUT2D eigenvalue weighted by molar-refractivity contribution is -0.138. The van der Waals surface area contributed by atoms with Crippen molar-refractivity contribution in [2.45, 2.75) is 18.3 Å². The largest absolute Gasteiger partial charge is 0.496 e. The zero-order valence-electron chi connectivity index (χ0n) is 16.9. The molecule has 0 radical (unpaired) electrons. The van der Waals surface area contributed by atoms with Gasteiger partial charge >= 0.3 is 5.97 Å². The van der Waals surface area contributed by atoms with E-state index >= 15 is 0 Å². The molecule has 1 unspecified atom stereocenters. The fourth-order valence-corrected chi connectivity index (χ4v) is 3.93. The van der Waals surface area contributed by atoms with Gasteiger partial charge in [-0.2, -0.15) is 5.10 Å². The molecular formula is C21H19N3O7S. The molecular weight excluding hydrogens is 438 g/mol. The first-order chi connectivity index (χ1) is 15.5. The van der Waals surface area contributed by atoms with Crippen LogP contribution in [-0.2, 0) is 16.2 Å². The molecule has 2 aliphatic heterocycles. The van der Waals surface area contributed by atoms with Gasteiger partial charge in [-0.1, -0.05) is 11.8 Å². The Morgan fingerprint density at radius 1 is 1.28 bits per heavy atom. The van der Waals surface area contributed by atoms with Gasteiger partial charge in [0.15, 0.2) is 16.7 Å². The quantitative estimate of drug-likeness (QED) is 0.457. The smallest absolute Gasteiger partial charge is 0.305 e. The lowest BCUT2D eigenvalue weighted by Gasteiger charge is -2.11. The van der Waals surface area contributed by atoms with Crippen LogP contribution in [0.3, 0.4) is 0 Å². The third kappa shape index (κ3) is 5.11. The minimum Gasteiger partial charge on any atom is -0.496 e. The summed E-state index contributed by atoms with van der Waals surface area (Å²) in [5.74, 6) is 1.17. The van der Waals surface area contributed by atoms with Crippen molar-refractivity contribution in [2.24, 2.45) is 10.2 Å². The Hall–Kier alpha value is -3.73. The maximum Gasteiger partial charge on any atom is 0.305 e. The molecule has 2 aromatic carbocycles. The summed E-state index contributed by atoms with van der Waals surface area (Å²) in [5.41, 5.74) is 1.54. The van der Waals surface area contributed by atoms with E-state index in [1.807, 2.05) is 6.07 Å². The van der Waals surface area contributed by atoms with Gasteiger partial charge in [-0.25, -0.2) is 0 Å². The normalized spacial score (nSPS) is 18.2. The van der Waals surface area contributed by atoms with Crippen molar-refractivity contribution in [2.75, 3.05) is 13.9 Å². The molecule has 1 saturated heterocycles. The Labute approximate surface area is 187 Å². The number of carboxylic acid groups (broad SMARTS) is 1. The fraction of sp³-hybridized carbons (Fsp3) is 0.238. The van der Waals surface area contributed by atoms with E-state index in [1.165, 1.54) is 6.21 Å². The minimum atomic E-state index is -1.05. The molecule has 166 valence electrons. The molecule has 32 heavy (non-hydrogen) atoms. The number of fused-ring (bicyclic) bond motifs is 1. The first kappa shape index (κ1) is 21.5. The number of nitrogens with one attached hydrogen (secondary N) is 1. The molecule has 2 heterocycles. The lowest BCUT2D eigenvalue weighted by Crippen LogP contribution is -2.26. The van der Waals surface area contributed by atoms with Crippen LogP contribution in [-0.4, -0.2) is 47.5 Å². The van der Waals surface area contributed by atoms with Crippen LogP contribution >= 0.6 is 11.8 Å². The number of amides is 1. The molecule has 1 fully saturated rings. The van der Waals surface area contributed by atoms with Crippen LogP contribution in [0.2, 0.25) is 0 Å². The fourth-order valence-electron chi connectivity index (χ4n) is 3.01. The topological polar surface area (TPSA) is 128 Å². The van der Waals surface area contributed by atoms with Crippen molar-refractivity contribution in [1.82, 2.24) is 5.32 Å². The van der Waals surface area contributed by atoms with E-state index in [2.05, 4.69) is 15.5 Å². The molecule has 0 aliphatic carbocycles. The summed E-state index contributed by atoms with van der Waals surface area (Å²) in [6.07, 6.45) is 1.25. The number of carboxylic acids is 1. The van der Waals surface area contributed by atoms with E-state index < -0.39 is 17.1 Å². The molecule has 2 N–H and O–H groups in total. The molecule has 11 heteroatoms. The zero-order valence-corrected chi connectivity index (χ0v) is 17.8. The third-order valence-corrected chi connectivity index (χ3v) is 5.61. The minimum absolute atomic E-state index is 0.195. The van der Waals surface area contributed by atoms with E-state index in [4.69, 9.17) is 24.1 Å². The Bertz CT molecular complexity index is 1100. The number of amidine groups is 1. The summed E-state index contributed by atoms with van der Waals surface area (Å²) < 4.78 is 21.9. The molecule has 1 amide bonds. The van der Waals surface area contributed by atoms with Crippen molar-refractivity contribution in [3.63, 3.8) is 0 Å². The zero-order chi connectivity index (χ0) is 22.5. The summed E-state index contributed by atoms with van der Waals surface area (Å²) in [6.45, 7) is 0.447. The van der Waals surface area contributed by atoms with Gasteiger partial charge in [0, 0.05) is 11.6 Å². The van der Waals surface area contributed by atoms with Crippen LogP contribution in [0.4, 0.5) is 0 Å². The highest BCUT2D eigenvalue weighted by Gasteiger charge is 2.32. The van der Waals surface area contributed by atoms with Gasteiger partial charge in [-0.15, -0.1) is 5.10 Å². The molecule has 2 aliphatic rings. The van der Waals surface area contributed by atoms with E-state index in [1.54, 1.807) is 37.4 Å². The second-order valence-corrected chi connectivity index (χ2v) is 7.91. The highest BCUT2D eigenvalue weighted by atomic mass is 32.2. The summed E-state index contributed by atoms with van der Waals surface area (Å²) in [4.78, 5) is 22.5. The maximum atomic E-state index is 11.7. The van der Waals surface area contributed by atoms with Crippen LogP contribution in [0.15, 0.2) is 46.6 Å². The van der Waals surface area contributed by atoms with Crippen LogP contribution < -0.4 is 24.3 Å². The predicted octanol–water partition coefficient (Wildman–Crippen LogP) is 2.40. The molecule has 10 nitrogen and oxygen atoms in total. The van der Waals surface area contributed by atoms with Gasteiger partial charge in [0.05, 0.1) is 19.7 Å². The molecule has 0 saturated carbocycles. The molecule has 0 bridgehead atoms. The van der Waals surface area contributed by atoms with Crippen LogP contribution in [0.5, 0.6) is 23.0 Å². The van der Waals surface area contributed by atoms with Gasteiger partial charge in [0.25, 0.3) is 0 Å². The summed E-state index contributed by atoms with van der Waals surface area (Å²) >= 11 is 1.04. The Balaban J connectivity index is 1.41. The number of aliphatic carboxylic acids is 1. The van der Waals surface area contributed by atoms with Crippen LogP contribution in [0.1, 0.15) is 17.5 Å². The molecule has 1 atom stereocenters. The first-order valence-electron chi connectivity index (χ1n) is 9.51. The Morgan fingerprint density at radius 2 is 2.12 bits per heavy atom.